The molecule has 0 unspecified atom stereocenters. The molecule has 0 spiro atoms. The monoisotopic (exact) mass is 426 g/mol. The Balaban J connectivity index is 1.58. The van der Waals surface area contributed by atoms with E-state index in [2.05, 4.69) is 5.32 Å². The summed E-state index contributed by atoms with van der Waals surface area (Å²) in [6, 6.07) is 10.5. The van der Waals surface area contributed by atoms with Crippen LogP contribution in [0, 0.1) is 0 Å². The number of morpholine rings is 1. The van der Waals surface area contributed by atoms with E-state index in [4.69, 9.17) is 16.3 Å². The fourth-order valence-electron chi connectivity index (χ4n) is 2.51. The maximum absolute atomic E-state index is 12.6. The first-order valence-corrected chi connectivity index (χ1v) is 11.0. The molecule has 1 aromatic heterocycles. The lowest BCUT2D eigenvalue weighted by Crippen LogP contribution is -2.40. The number of halogens is 1. The van der Waals surface area contributed by atoms with Crippen molar-refractivity contribution in [1.82, 2.24) is 9.62 Å². The van der Waals surface area contributed by atoms with Crippen molar-refractivity contribution < 1.29 is 17.9 Å². The van der Waals surface area contributed by atoms with Crippen LogP contribution >= 0.6 is 22.9 Å². The van der Waals surface area contributed by atoms with Crippen molar-refractivity contribution in [1.29, 1.82) is 0 Å². The first kappa shape index (κ1) is 20.0. The van der Waals surface area contributed by atoms with E-state index in [9.17, 15) is 13.2 Å². The molecule has 1 fully saturated rings. The molecule has 3 rings (SSSR count). The van der Waals surface area contributed by atoms with Crippen molar-refractivity contribution >= 4 is 44.9 Å². The van der Waals surface area contributed by atoms with Crippen LogP contribution in [-0.2, 0) is 26.1 Å². The van der Waals surface area contributed by atoms with Gasteiger partial charge in [0.1, 0.15) is 4.21 Å². The van der Waals surface area contributed by atoms with Gasteiger partial charge in [-0.25, -0.2) is 8.42 Å². The van der Waals surface area contributed by atoms with Crippen LogP contribution in [0.15, 0.2) is 46.7 Å². The molecule has 1 N–H and O–H groups in total. The summed E-state index contributed by atoms with van der Waals surface area (Å²) in [4.78, 5) is 12.7. The van der Waals surface area contributed by atoms with E-state index >= 15 is 0 Å². The first-order chi connectivity index (χ1) is 13.0. The highest BCUT2D eigenvalue weighted by Crippen LogP contribution is 2.25. The van der Waals surface area contributed by atoms with Gasteiger partial charge in [0.25, 0.3) is 10.0 Å². The average Bonchev–Trinajstić information content (AvgIpc) is 3.16. The Labute approximate surface area is 167 Å². The van der Waals surface area contributed by atoms with E-state index in [-0.39, 0.29) is 16.7 Å². The highest BCUT2D eigenvalue weighted by molar-refractivity contribution is 7.91. The van der Waals surface area contributed by atoms with Crippen LogP contribution in [0.1, 0.15) is 10.4 Å². The number of amides is 1. The minimum atomic E-state index is -3.50. The normalized spacial score (nSPS) is 15.9. The molecule has 0 radical (unpaired) electrons. The molecule has 1 aromatic carbocycles. The summed E-state index contributed by atoms with van der Waals surface area (Å²) in [5.41, 5.74) is 0.754. The first-order valence-electron chi connectivity index (χ1n) is 8.34. The highest BCUT2D eigenvalue weighted by atomic mass is 35.5. The number of sulfonamides is 1. The lowest BCUT2D eigenvalue weighted by Gasteiger charge is -2.25. The van der Waals surface area contributed by atoms with Crippen LogP contribution in [0.5, 0.6) is 0 Å². The zero-order chi connectivity index (χ0) is 19.3. The number of carbonyl (C=O) groups is 1. The zero-order valence-electron chi connectivity index (χ0n) is 14.4. The lowest BCUT2D eigenvalue weighted by atomic mass is 10.2. The van der Waals surface area contributed by atoms with Gasteiger partial charge in [-0.2, -0.15) is 4.31 Å². The van der Waals surface area contributed by atoms with Gasteiger partial charge in [0.2, 0.25) is 5.91 Å². The van der Waals surface area contributed by atoms with Crippen LogP contribution < -0.4 is 5.32 Å². The Kier molecular flexibility index (Phi) is 6.67. The summed E-state index contributed by atoms with van der Waals surface area (Å²) in [6.45, 7) is 1.80. The fraction of sp³-hybridized carbons (Fsp3) is 0.278. The quantitative estimate of drug-likeness (QED) is 0.720. The van der Waals surface area contributed by atoms with Crippen LogP contribution in [-0.4, -0.2) is 44.9 Å². The summed E-state index contributed by atoms with van der Waals surface area (Å²) >= 11 is 7.20. The maximum Gasteiger partial charge on any atom is 0.252 e. The molecule has 1 amide bonds. The van der Waals surface area contributed by atoms with Crippen LogP contribution in [0.4, 0.5) is 0 Å². The minimum Gasteiger partial charge on any atom is -0.379 e. The predicted octanol–water partition coefficient (Wildman–Crippen LogP) is 2.75. The SMILES string of the molecule is O=C(C=Cc1ccccc1Cl)NCc1ccc(S(=O)(=O)N2CCOCC2)s1. The lowest BCUT2D eigenvalue weighted by molar-refractivity contribution is -0.116. The van der Waals surface area contributed by atoms with E-state index < -0.39 is 10.0 Å². The number of thiophene rings is 1. The van der Waals surface area contributed by atoms with E-state index in [1.807, 2.05) is 18.2 Å². The van der Waals surface area contributed by atoms with Gasteiger partial charge in [-0.15, -0.1) is 11.3 Å². The molecule has 2 aromatic rings. The molecule has 0 aliphatic carbocycles. The topological polar surface area (TPSA) is 75.7 Å². The van der Waals surface area contributed by atoms with Gasteiger partial charge in [-0.3, -0.25) is 4.79 Å². The highest BCUT2D eigenvalue weighted by Gasteiger charge is 2.27. The number of rotatable bonds is 6. The molecule has 6 nitrogen and oxygen atoms in total. The van der Waals surface area contributed by atoms with Gasteiger partial charge >= 0.3 is 0 Å². The van der Waals surface area contributed by atoms with Crippen molar-refractivity contribution in [3.05, 3.63) is 57.9 Å². The van der Waals surface area contributed by atoms with Gasteiger partial charge in [0.15, 0.2) is 0 Å². The number of nitrogens with zero attached hydrogens (tertiary/aromatic N) is 1. The van der Waals surface area contributed by atoms with Crippen LogP contribution in [0.2, 0.25) is 5.02 Å². The molecule has 0 bridgehead atoms. The van der Waals surface area contributed by atoms with E-state index in [1.165, 1.54) is 10.4 Å². The van der Waals surface area contributed by atoms with Gasteiger partial charge in [-0.05, 0) is 29.8 Å². The van der Waals surface area contributed by atoms with Crippen molar-refractivity contribution in [2.75, 3.05) is 26.3 Å². The molecule has 1 aliphatic rings. The average molecular weight is 427 g/mol. The summed E-state index contributed by atoms with van der Waals surface area (Å²) in [5, 5.41) is 3.31. The zero-order valence-corrected chi connectivity index (χ0v) is 16.8. The number of benzene rings is 1. The Morgan fingerprint density at radius 1 is 1.22 bits per heavy atom. The second kappa shape index (κ2) is 8.99. The van der Waals surface area contributed by atoms with E-state index in [0.29, 0.717) is 31.3 Å². The van der Waals surface area contributed by atoms with E-state index in [1.54, 1.807) is 24.3 Å². The number of hydrogen-bond donors (Lipinski definition) is 1. The Morgan fingerprint density at radius 3 is 2.70 bits per heavy atom. The molecule has 144 valence electrons. The number of hydrogen-bond acceptors (Lipinski definition) is 5. The summed E-state index contributed by atoms with van der Waals surface area (Å²) in [6.07, 6.45) is 3.04. The molecule has 1 saturated heterocycles. The predicted molar refractivity (Wildman–Crippen MR) is 106 cm³/mol. The van der Waals surface area contributed by atoms with Gasteiger partial charge < -0.3 is 10.1 Å². The molecular weight excluding hydrogens is 408 g/mol. The fourth-order valence-corrected chi connectivity index (χ4v) is 5.57. The number of nitrogens with one attached hydrogen (secondary N) is 1. The molecule has 9 heteroatoms. The number of carbonyl (C=O) groups excluding carboxylic acids is 1. The molecule has 0 saturated carbocycles. The summed E-state index contributed by atoms with van der Waals surface area (Å²) in [7, 11) is -3.50. The van der Waals surface area contributed by atoms with Gasteiger partial charge in [-0.1, -0.05) is 29.8 Å². The molecule has 2 heterocycles. The second-order valence-electron chi connectivity index (χ2n) is 5.81. The Morgan fingerprint density at radius 2 is 1.96 bits per heavy atom. The number of ether oxygens (including phenoxy) is 1. The van der Waals surface area contributed by atoms with Crippen molar-refractivity contribution in [3.63, 3.8) is 0 Å². The van der Waals surface area contributed by atoms with Gasteiger partial charge in [0.05, 0.1) is 19.8 Å². The second-order valence-corrected chi connectivity index (χ2v) is 9.55. The molecular formula is C18H19ClN2O4S2. The third kappa shape index (κ3) is 5.18. The summed E-state index contributed by atoms with van der Waals surface area (Å²) in [5.74, 6) is -0.277. The van der Waals surface area contributed by atoms with Crippen molar-refractivity contribution in [2.45, 2.75) is 10.8 Å². The van der Waals surface area contributed by atoms with Crippen LogP contribution in [0.25, 0.3) is 6.08 Å². The maximum atomic E-state index is 12.6. The third-order valence-electron chi connectivity index (χ3n) is 3.96. The molecule has 27 heavy (non-hydrogen) atoms. The van der Waals surface area contributed by atoms with Crippen LogP contribution in [0.3, 0.4) is 0 Å². The third-order valence-corrected chi connectivity index (χ3v) is 7.75. The smallest absolute Gasteiger partial charge is 0.252 e. The van der Waals surface area contributed by atoms with Crippen molar-refractivity contribution in [3.8, 4) is 0 Å². The van der Waals surface area contributed by atoms with E-state index in [0.717, 1.165) is 21.8 Å². The molecule has 0 atom stereocenters. The molecule has 1 aliphatic heterocycles. The largest absolute Gasteiger partial charge is 0.379 e. The van der Waals surface area contributed by atoms with Crippen molar-refractivity contribution in [2.24, 2.45) is 0 Å². The minimum absolute atomic E-state index is 0.259. The Hall–Kier alpha value is -1.71. The van der Waals surface area contributed by atoms with Gasteiger partial charge in [0, 0.05) is 29.1 Å². The summed E-state index contributed by atoms with van der Waals surface area (Å²) < 4.78 is 32.1. The Bertz CT molecular complexity index is 934. The standard InChI is InChI=1S/C18H19ClN2O4S2/c19-16-4-2-1-3-14(16)5-7-17(22)20-13-15-6-8-18(26-15)27(23,24)21-9-11-25-12-10-21/h1-8H,9-13H2,(H,20,22).